The van der Waals surface area contributed by atoms with Crippen LogP contribution in [0.25, 0.3) is 11.0 Å². The van der Waals surface area contributed by atoms with Crippen LogP contribution in [0.3, 0.4) is 0 Å². The fourth-order valence-electron chi connectivity index (χ4n) is 4.14. The van der Waals surface area contributed by atoms with Crippen LogP contribution in [0.5, 0.6) is 11.5 Å². The van der Waals surface area contributed by atoms with Gasteiger partial charge >= 0.3 is 0 Å². The van der Waals surface area contributed by atoms with Crippen molar-refractivity contribution in [1.29, 1.82) is 0 Å². The maximum absolute atomic E-state index is 13.1. The lowest BCUT2D eigenvalue weighted by Crippen LogP contribution is -2.59. The van der Waals surface area contributed by atoms with Crippen LogP contribution >= 0.6 is 0 Å². The Morgan fingerprint density at radius 1 is 1.06 bits per heavy atom. The zero-order valence-corrected chi connectivity index (χ0v) is 18.5. The highest BCUT2D eigenvalue weighted by atomic mass is 16.7. The molecule has 176 valence electrons. The third-order valence-corrected chi connectivity index (χ3v) is 5.98. The lowest BCUT2D eigenvalue weighted by atomic mass is 9.97. The molecule has 8 nitrogen and oxygen atoms in total. The topological polar surface area (TPSA) is 130 Å². The Morgan fingerprint density at radius 3 is 2.61 bits per heavy atom. The molecular weight excluding hydrogens is 428 g/mol. The number of aryl methyl sites for hydroxylation is 2. The maximum atomic E-state index is 13.1. The van der Waals surface area contributed by atoms with E-state index in [1.807, 2.05) is 24.3 Å². The van der Waals surface area contributed by atoms with E-state index < -0.39 is 30.7 Å². The number of ketones is 1. The molecule has 0 amide bonds. The van der Waals surface area contributed by atoms with E-state index in [-0.39, 0.29) is 29.3 Å². The predicted octanol–water partition coefficient (Wildman–Crippen LogP) is 2.86. The minimum atomic E-state index is -1.53. The third-order valence-electron chi connectivity index (χ3n) is 5.98. The first-order chi connectivity index (χ1) is 15.8. The zero-order valence-electron chi connectivity index (χ0n) is 18.5. The molecule has 33 heavy (non-hydrogen) atoms. The smallest absolute Gasteiger partial charge is 0.229 e. The summed E-state index contributed by atoms with van der Waals surface area (Å²) in [7, 11) is 0. The number of phenols is 1. The molecule has 0 spiro atoms. The van der Waals surface area contributed by atoms with Crippen molar-refractivity contribution in [3.63, 3.8) is 0 Å². The number of benzene rings is 2. The number of Topliss-reactive ketones (excluding diaryl/α,β-unsaturated/α-hetero) is 1. The van der Waals surface area contributed by atoms with E-state index in [1.165, 1.54) is 6.07 Å². The monoisotopic (exact) mass is 456 g/mol. The van der Waals surface area contributed by atoms with Gasteiger partial charge in [-0.25, -0.2) is 0 Å². The van der Waals surface area contributed by atoms with Crippen LogP contribution in [0, 0.1) is 6.92 Å². The number of aromatic hydroxyl groups is 1. The Hall–Kier alpha value is -2.91. The van der Waals surface area contributed by atoms with Gasteiger partial charge in [-0.05, 0) is 61.2 Å². The number of carbonyl (C=O) groups excluding carboxylic acids is 1. The van der Waals surface area contributed by atoms with Gasteiger partial charge in [0.1, 0.15) is 41.0 Å². The second kappa shape index (κ2) is 9.52. The molecule has 1 aliphatic rings. The number of phenolic OH excluding ortho intramolecular Hbond substituents is 1. The van der Waals surface area contributed by atoms with Crippen molar-refractivity contribution in [1.82, 2.24) is 0 Å². The average molecular weight is 456 g/mol. The molecule has 0 saturated carbocycles. The van der Waals surface area contributed by atoms with Crippen molar-refractivity contribution in [2.75, 3.05) is 0 Å². The lowest BCUT2D eigenvalue weighted by Gasteiger charge is -2.40. The van der Waals surface area contributed by atoms with Gasteiger partial charge in [0.15, 0.2) is 5.78 Å². The van der Waals surface area contributed by atoms with Gasteiger partial charge in [0.2, 0.25) is 6.29 Å². The highest BCUT2D eigenvalue weighted by Gasteiger charge is 2.44. The molecule has 4 rings (SSSR count). The Balaban J connectivity index is 1.55. The van der Waals surface area contributed by atoms with Crippen LogP contribution < -0.4 is 4.74 Å². The first kappa shape index (κ1) is 23.3. The fraction of sp³-hybridized carbons (Fsp3) is 0.400. The first-order valence-corrected chi connectivity index (χ1v) is 11.0. The summed E-state index contributed by atoms with van der Waals surface area (Å²) in [6, 6.07) is 10.6. The highest BCUT2D eigenvalue weighted by molar-refractivity contribution is 6.01. The minimum absolute atomic E-state index is 0.0190. The summed E-state index contributed by atoms with van der Waals surface area (Å²) in [5.74, 6) is -0.531. The van der Waals surface area contributed by atoms with Gasteiger partial charge in [0.05, 0.1) is 12.4 Å². The SMILES string of the molecule is CCC1O[C@@H](Oc2cc(C)cc(O)c2C(=O)CCc2ccc3occc3c2)C(O)[C@@H](O)[C@@H]1O. The Bertz CT molecular complexity index is 1130. The second-order valence-electron chi connectivity index (χ2n) is 8.41. The Morgan fingerprint density at radius 2 is 1.85 bits per heavy atom. The van der Waals surface area contributed by atoms with Crippen molar-refractivity contribution in [3.05, 3.63) is 59.4 Å². The Labute approximate surface area is 191 Å². The standard InChI is InChI=1S/C25H28O8/c1-3-18-22(28)23(29)24(30)25(32-18)33-20-11-13(2)10-17(27)21(20)16(26)6-4-14-5-7-19-15(12-14)8-9-31-19/h5,7-12,18,22-25,27-30H,3-4,6H2,1-2H3/t18?,22-,23+,24?,25+/m1/s1. The number of fused-ring (bicyclic) bond motifs is 1. The molecule has 2 aromatic carbocycles. The predicted molar refractivity (Wildman–Crippen MR) is 119 cm³/mol. The molecule has 2 unspecified atom stereocenters. The number of carbonyl (C=O) groups is 1. The van der Waals surface area contributed by atoms with E-state index in [4.69, 9.17) is 13.9 Å². The van der Waals surface area contributed by atoms with Crippen molar-refractivity contribution >= 4 is 16.8 Å². The number of aliphatic hydroxyl groups is 3. The number of furan rings is 1. The van der Waals surface area contributed by atoms with Crippen LogP contribution in [0.2, 0.25) is 0 Å². The van der Waals surface area contributed by atoms with E-state index in [0.717, 1.165) is 16.5 Å². The van der Waals surface area contributed by atoms with Gasteiger partial charge in [-0.1, -0.05) is 13.0 Å². The normalized spacial score (nSPS) is 25.3. The van der Waals surface area contributed by atoms with Crippen molar-refractivity contribution in [3.8, 4) is 11.5 Å². The average Bonchev–Trinajstić information content (AvgIpc) is 3.25. The zero-order chi connectivity index (χ0) is 23.7. The molecule has 0 bridgehead atoms. The van der Waals surface area contributed by atoms with Gasteiger partial charge in [0, 0.05) is 11.8 Å². The molecule has 5 atom stereocenters. The second-order valence-corrected chi connectivity index (χ2v) is 8.41. The fourth-order valence-corrected chi connectivity index (χ4v) is 4.14. The number of hydrogen-bond acceptors (Lipinski definition) is 8. The minimum Gasteiger partial charge on any atom is -0.507 e. The third kappa shape index (κ3) is 4.74. The van der Waals surface area contributed by atoms with Crippen LogP contribution in [-0.4, -0.2) is 56.9 Å². The molecule has 1 fully saturated rings. The van der Waals surface area contributed by atoms with E-state index in [2.05, 4.69) is 0 Å². The molecule has 1 aliphatic heterocycles. The molecule has 1 aromatic heterocycles. The summed E-state index contributed by atoms with van der Waals surface area (Å²) in [4.78, 5) is 13.1. The molecule has 4 N–H and O–H groups in total. The molecule has 0 aliphatic carbocycles. The van der Waals surface area contributed by atoms with Crippen molar-refractivity contribution in [2.24, 2.45) is 0 Å². The van der Waals surface area contributed by atoms with Gasteiger partial charge in [-0.15, -0.1) is 0 Å². The molecule has 1 saturated heterocycles. The maximum Gasteiger partial charge on any atom is 0.229 e. The summed E-state index contributed by atoms with van der Waals surface area (Å²) < 4.78 is 16.8. The van der Waals surface area contributed by atoms with E-state index >= 15 is 0 Å². The Kier molecular flexibility index (Phi) is 6.71. The highest BCUT2D eigenvalue weighted by Crippen LogP contribution is 2.34. The number of hydrogen-bond donors (Lipinski definition) is 4. The first-order valence-electron chi connectivity index (χ1n) is 11.0. The number of aliphatic hydroxyl groups excluding tert-OH is 3. The van der Waals surface area contributed by atoms with Crippen molar-refractivity contribution in [2.45, 2.75) is 63.8 Å². The van der Waals surface area contributed by atoms with Gasteiger partial charge in [-0.3, -0.25) is 4.79 Å². The van der Waals surface area contributed by atoms with Crippen LogP contribution in [0.15, 0.2) is 47.1 Å². The van der Waals surface area contributed by atoms with E-state index in [0.29, 0.717) is 18.4 Å². The quantitative estimate of drug-likeness (QED) is 0.400. The van der Waals surface area contributed by atoms with E-state index in [1.54, 1.807) is 26.2 Å². The summed E-state index contributed by atoms with van der Waals surface area (Å²) in [5, 5.41) is 42.1. The largest absolute Gasteiger partial charge is 0.507 e. The summed E-state index contributed by atoms with van der Waals surface area (Å²) >= 11 is 0. The summed E-state index contributed by atoms with van der Waals surface area (Å²) in [6.45, 7) is 3.50. The van der Waals surface area contributed by atoms with Crippen LogP contribution in [-0.2, 0) is 11.2 Å². The molecular formula is C25H28O8. The lowest BCUT2D eigenvalue weighted by molar-refractivity contribution is -0.272. The number of rotatable bonds is 7. The van der Waals surface area contributed by atoms with Crippen LogP contribution in [0.4, 0.5) is 0 Å². The van der Waals surface area contributed by atoms with Gasteiger partial charge < -0.3 is 34.3 Å². The molecule has 3 aromatic rings. The molecule has 2 heterocycles. The molecule has 0 radical (unpaired) electrons. The molecule has 8 heteroatoms. The van der Waals surface area contributed by atoms with Gasteiger partial charge in [-0.2, -0.15) is 0 Å². The van der Waals surface area contributed by atoms with Gasteiger partial charge in [0.25, 0.3) is 0 Å². The summed E-state index contributed by atoms with van der Waals surface area (Å²) in [5.41, 5.74) is 2.33. The van der Waals surface area contributed by atoms with E-state index in [9.17, 15) is 25.2 Å². The van der Waals surface area contributed by atoms with Crippen molar-refractivity contribution < 1.29 is 39.1 Å². The number of ether oxygens (including phenoxy) is 2. The summed E-state index contributed by atoms with van der Waals surface area (Å²) in [6.07, 6.45) is -3.77. The van der Waals surface area contributed by atoms with Crippen LogP contribution in [0.1, 0.15) is 41.3 Å².